The highest BCUT2D eigenvalue weighted by molar-refractivity contribution is 5.67. The maximum atomic E-state index is 5.45. The zero-order chi connectivity index (χ0) is 18.6. The van der Waals surface area contributed by atoms with Gasteiger partial charge in [-0.05, 0) is 25.5 Å². The lowest BCUT2D eigenvalue weighted by Gasteiger charge is -2.15. The Morgan fingerprint density at radius 3 is 2.56 bits per heavy atom. The van der Waals surface area contributed by atoms with Gasteiger partial charge in [0.1, 0.15) is 11.6 Å². The zero-order valence-electron chi connectivity index (χ0n) is 15.4. The summed E-state index contributed by atoms with van der Waals surface area (Å²) in [5.74, 6) is 3.67. The molecule has 0 saturated heterocycles. The summed E-state index contributed by atoms with van der Waals surface area (Å²) in [6.07, 6.45) is 1.01. The summed E-state index contributed by atoms with van der Waals surface area (Å²) in [4.78, 5) is 9.38. The summed E-state index contributed by atoms with van der Waals surface area (Å²) in [7, 11) is 0. The molecule has 6 heteroatoms. The van der Waals surface area contributed by atoms with Crippen molar-refractivity contribution in [2.75, 3.05) is 17.4 Å². The quantitative estimate of drug-likeness (QED) is 0.655. The van der Waals surface area contributed by atoms with Crippen molar-refractivity contribution in [3.8, 4) is 22.9 Å². The molecule has 2 aromatic carbocycles. The van der Waals surface area contributed by atoms with Crippen molar-refractivity contribution in [1.82, 2.24) is 9.97 Å². The van der Waals surface area contributed by atoms with Gasteiger partial charge in [-0.1, -0.05) is 37.3 Å². The molecule has 2 N–H and O–H groups in total. The number of nitrogens with zero attached hydrogens (tertiary/aromatic N) is 2. The van der Waals surface area contributed by atoms with Gasteiger partial charge in [0.2, 0.25) is 6.79 Å². The van der Waals surface area contributed by atoms with Gasteiger partial charge in [0.25, 0.3) is 0 Å². The van der Waals surface area contributed by atoms with E-state index in [1.54, 1.807) is 0 Å². The van der Waals surface area contributed by atoms with Crippen LogP contribution in [0.3, 0.4) is 0 Å². The van der Waals surface area contributed by atoms with E-state index in [0.29, 0.717) is 17.7 Å². The Balaban J connectivity index is 1.67. The number of hydrogen-bond acceptors (Lipinski definition) is 6. The van der Waals surface area contributed by atoms with Crippen LogP contribution in [0.1, 0.15) is 20.3 Å². The van der Waals surface area contributed by atoms with Gasteiger partial charge in [-0.25, -0.2) is 9.97 Å². The lowest BCUT2D eigenvalue weighted by atomic mass is 10.2. The van der Waals surface area contributed by atoms with Gasteiger partial charge < -0.3 is 20.1 Å². The Bertz CT molecular complexity index is 931. The monoisotopic (exact) mass is 362 g/mol. The number of hydrogen-bond donors (Lipinski definition) is 2. The molecule has 0 radical (unpaired) electrons. The summed E-state index contributed by atoms with van der Waals surface area (Å²) in [5, 5.41) is 6.78. The van der Waals surface area contributed by atoms with Gasteiger partial charge in [-0.2, -0.15) is 0 Å². The zero-order valence-corrected chi connectivity index (χ0v) is 15.4. The van der Waals surface area contributed by atoms with Gasteiger partial charge in [-0.3, -0.25) is 0 Å². The summed E-state index contributed by atoms with van der Waals surface area (Å²) in [6.45, 7) is 4.53. The predicted octanol–water partition coefficient (Wildman–Crippen LogP) is 4.83. The maximum absolute atomic E-state index is 5.45. The molecule has 0 spiro atoms. The summed E-state index contributed by atoms with van der Waals surface area (Å²) in [5.41, 5.74) is 1.85. The lowest BCUT2D eigenvalue weighted by molar-refractivity contribution is 0.174. The van der Waals surface area contributed by atoms with Crippen molar-refractivity contribution in [3.05, 3.63) is 54.6 Å². The number of benzene rings is 2. The smallest absolute Gasteiger partial charge is 0.231 e. The van der Waals surface area contributed by atoms with Crippen LogP contribution >= 0.6 is 0 Å². The van der Waals surface area contributed by atoms with Gasteiger partial charge in [0, 0.05) is 29.4 Å². The van der Waals surface area contributed by atoms with E-state index < -0.39 is 0 Å². The Labute approximate surface area is 158 Å². The molecule has 0 saturated carbocycles. The molecule has 4 rings (SSSR count). The Kier molecular flexibility index (Phi) is 4.78. The normalized spacial score (nSPS) is 13.3. The lowest BCUT2D eigenvalue weighted by Crippen LogP contribution is -2.15. The molecule has 0 fully saturated rings. The van der Waals surface area contributed by atoms with E-state index in [4.69, 9.17) is 14.5 Å². The molecule has 3 aromatic rings. The molecule has 138 valence electrons. The van der Waals surface area contributed by atoms with Crippen LogP contribution in [0.5, 0.6) is 11.5 Å². The average Bonchev–Trinajstić information content (AvgIpc) is 3.16. The Morgan fingerprint density at radius 1 is 0.963 bits per heavy atom. The first-order valence-corrected chi connectivity index (χ1v) is 9.09. The minimum Gasteiger partial charge on any atom is -0.454 e. The van der Waals surface area contributed by atoms with E-state index in [0.717, 1.165) is 35.0 Å². The highest BCUT2D eigenvalue weighted by atomic mass is 16.7. The number of anilines is 3. The first-order valence-electron chi connectivity index (χ1n) is 9.09. The van der Waals surface area contributed by atoms with Crippen LogP contribution in [0.2, 0.25) is 0 Å². The van der Waals surface area contributed by atoms with Crippen molar-refractivity contribution >= 4 is 17.3 Å². The van der Waals surface area contributed by atoms with E-state index in [9.17, 15) is 0 Å². The molecule has 6 nitrogen and oxygen atoms in total. The van der Waals surface area contributed by atoms with Crippen LogP contribution in [0.25, 0.3) is 11.4 Å². The molecule has 0 aliphatic carbocycles. The third-order valence-electron chi connectivity index (χ3n) is 4.41. The van der Waals surface area contributed by atoms with Crippen molar-refractivity contribution in [2.45, 2.75) is 26.3 Å². The third-order valence-corrected chi connectivity index (χ3v) is 4.41. The molecule has 1 unspecified atom stereocenters. The summed E-state index contributed by atoms with van der Waals surface area (Å²) in [6, 6.07) is 18.0. The van der Waals surface area contributed by atoms with E-state index in [1.165, 1.54) is 0 Å². The van der Waals surface area contributed by atoms with Crippen LogP contribution in [-0.2, 0) is 0 Å². The van der Waals surface area contributed by atoms with Crippen molar-refractivity contribution in [3.63, 3.8) is 0 Å². The molecular formula is C21H22N4O2. The van der Waals surface area contributed by atoms with Gasteiger partial charge >= 0.3 is 0 Å². The van der Waals surface area contributed by atoms with E-state index >= 15 is 0 Å². The molecule has 27 heavy (non-hydrogen) atoms. The van der Waals surface area contributed by atoms with Crippen LogP contribution in [-0.4, -0.2) is 22.8 Å². The molecular weight excluding hydrogens is 340 g/mol. The average molecular weight is 362 g/mol. The number of fused-ring (bicyclic) bond motifs is 1. The minimum absolute atomic E-state index is 0.257. The number of aromatic nitrogens is 2. The summed E-state index contributed by atoms with van der Waals surface area (Å²) >= 11 is 0. The number of ether oxygens (including phenoxy) is 2. The molecule has 1 aromatic heterocycles. The number of rotatable bonds is 6. The predicted molar refractivity (Wildman–Crippen MR) is 107 cm³/mol. The molecule has 0 amide bonds. The van der Waals surface area contributed by atoms with Crippen LogP contribution in [0.4, 0.5) is 17.3 Å². The first kappa shape index (κ1) is 17.1. The standard InChI is InChI=1S/C21H22N4O2/c1-3-14(2)22-19-12-20(25-21(24-19)15-7-5-4-6-8-15)23-16-9-10-17-18(11-16)27-13-26-17/h4-12,14H,3,13H2,1-2H3,(H2,22,23,24,25). The maximum Gasteiger partial charge on any atom is 0.231 e. The Hall–Kier alpha value is -3.28. The van der Waals surface area contributed by atoms with Crippen molar-refractivity contribution in [1.29, 1.82) is 0 Å². The van der Waals surface area contributed by atoms with Gasteiger partial charge in [0.15, 0.2) is 17.3 Å². The fourth-order valence-corrected chi connectivity index (χ4v) is 2.78. The first-order chi connectivity index (χ1) is 13.2. The number of nitrogens with one attached hydrogen (secondary N) is 2. The SMILES string of the molecule is CCC(C)Nc1cc(Nc2ccc3c(c2)OCO3)nc(-c2ccccc2)n1. The minimum atomic E-state index is 0.257. The van der Waals surface area contributed by atoms with Gasteiger partial charge in [0.05, 0.1) is 0 Å². The molecule has 1 aliphatic rings. The summed E-state index contributed by atoms with van der Waals surface area (Å²) < 4.78 is 10.8. The van der Waals surface area contributed by atoms with Crippen molar-refractivity contribution in [2.24, 2.45) is 0 Å². The second-order valence-electron chi connectivity index (χ2n) is 6.47. The molecule has 1 aliphatic heterocycles. The van der Waals surface area contributed by atoms with Crippen molar-refractivity contribution < 1.29 is 9.47 Å². The topological polar surface area (TPSA) is 68.3 Å². The van der Waals surface area contributed by atoms with Crippen LogP contribution < -0.4 is 20.1 Å². The Morgan fingerprint density at radius 2 is 1.74 bits per heavy atom. The second-order valence-corrected chi connectivity index (χ2v) is 6.47. The van der Waals surface area contributed by atoms with E-state index in [2.05, 4.69) is 29.5 Å². The fraction of sp³-hybridized carbons (Fsp3) is 0.238. The highest BCUT2D eigenvalue weighted by Gasteiger charge is 2.14. The molecule has 1 atom stereocenters. The molecule has 2 heterocycles. The van der Waals surface area contributed by atoms with Crippen LogP contribution in [0.15, 0.2) is 54.6 Å². The molecule has 0 bridgehead atoms. The largest absolute Gasteiger partial charge is 0.454 e. The third kappa shape index (κ3) is 3.95. The highest BCUT2D eigenvalue weighted by Crippen LogP contribution is 2.35. The second kappa shape index (κ2) is 7.53. The van der Waals surface area contributed by atoms with Gasteiger partial charge in [-0.15, -0.1) is 0 Å². The fourth-order valence-electron chi connectivity index (χ4n) is 2.78. The van der Waals surface area contributed by atoms with E-state index in [1.807, 2.05) is 54.6 Å². The van der Waals surface area contributed by atoms with E-state index in [-0.39, 0.29) is 6.79 Å². The van der Waals surface area contributed by atoms with Crippen LogP contribution in [0, 0.1) is 0 Å².